The second kappa shape index (κ2) is 7.14. The van der Waals surface area contributed by atoms with Crippen LogP contribution in [0.25, 0.3) is 0 Å². The number of nitrogens with two attached hydrogens (primary N) is 1. The lowest BCUT2D eigenvalue weighted by Crippen LogP contribution is -2.24. The Morgan fingerprint density at radius 3 is 2.65 bits per heavy atom. The first kappa shape index (κ1) is 16.3. The molecule has 0 saturated heterocycles. The topological polar surface area (TPSA) is 101 Å². The molecule has 1 aromatic rings. The fraction of sp³-hybridized carbons (Fsp3) is 0.462. The van der Waals surface area contributed by atoms with Crippen molar-refractivity contribution in [2.45, 2.75) is 13.3 Å². The average Bonchev–Trinajstić information content (AvgIpc) is 2.34. The van der Waals surface area contributed by atoms with Crippen molar-refractivity contribution in [1.82, 2.24) is 5.32 Å². The zero-order valence-corrected chi connectivity index (χ0v) is 12.6. The summed E-state index contributed by atoms with van der Waals surface area (Å²) in [5, 5.41) is 5.78. The highest BCUT2D eigenvalue weighted by Crippen LogP contribution is 2.19. The quantitative estimate of drug-likeness (QED) is 0.512. The average molecular weight is 299 g/mol. The molecule has 0 heterocycles. The molecular formula is C13H21N3O3S. The number of nitrogen functional groups attached to an aromatic ring is 1. The molecule has 20 heavy (non-hydrogen) atoms. The Hall–Kier alpha value is -1.76. The largest absolute Gasteiger partial charge is 0.399 e. The first-order valence-electron chi connectivity index (χ1n) is 6.43. The number of rotatable bonds is 7. The van der Waals surface area contributed by atoms with Gasteiger partial charge in [-0.25, -0.2) is 8.42 Å². The molecule has 0 aliphatic rings. The lowest BCUT2D eigenvalue weighted by atomic mass is 10.1. The Bertz CT molecular complexity index is 570. The van der Waals surface area contributed by atoms with E-state index < -0.39 is 9.84 Å². The van der Waals surface area contributed by atoms with Crippen LogP contribution in [0.2, 0.25) is 0 Å². The van der Waals surface area contributed by atoms with Crippen LogP contribution in [0, 0.1) is 0 Å². The van der Waals surface area contributed by atoms with Crippen LogP contribution in [-0.4, -0.2) is 39.4 Å². The summed E-state index contributed by atoms with van der Waals surface area (Å²) in [4.78, 5) is 11.9. The summed E-state index contributed by atoms with van der Waals surface area (Å²) in [7, 11) is -2.97. The molecule has 0 aliphatic carbocycles. The van der Waals surface area contributed by atoms with Gasteiger partial charge >= 0.3 is 0 Å². The summed E-state index contributed by atoms with van der Waals surface area (Å²) in [5.41, 5.74) is 7.37. The van der Waals surface area contributed by atoms with Crippen molar-refractivity contribution in [3.05, 3.63) is 23.8 Å². The third-order valence-corrected chi connectivity index (χ3v) is 3.66. The second-order valence-electron chi connectivity index (χ2n) is 4.57. The number of sulfone groups is 1. The Morgan fingerprint density at radius 2 is 2.05 bits per heavy atom. The fourth-order valence-electron chi connectivity index (χ4n) is 1.72. The third-order valence-electron chi connectivity index (χ3n) is 2.63. The molecule has 7 heteroatoms. The maximum Gasteiger partial charge on any atom is 0.253 e. The van der Waals surface area contributed by atoms with Crippen molar-refractivity contribution in [3.63, 3.8) is 0 Å². The Morgan fingerprint density at radius 1 is 1.35 bits per heavy atom. The van der Waals surface area contributed by atoms with E-state index in [0.29, 0.717) is 36.4 Å². The van der Waals surface area contributed by atoms with Crippen molar-refractivity contribution in [2.24, 2.45) is 0 Å². The van der Waals surface area contributed by atoms with Gasteiger partial charge in [-0.15, -0.1) is 0 Å². The zero-order chi connectivity index (χ0) is 15.2. The summed E-state index contributed by atoms with van der Waals surface area (Å²) in [5.74, 6) is -0.0724. The Labute approximate surface area is 119 Å². The molecule has 0 atom stereocenters. The minimum atomic E-state index is -2.97. The van der Waals surface area contributed by atoms with Gasteiger partial charge in [0.1, 0.15) is 9.84 Å². The minimum absolute atomic E-state index is 0.110. The molecule has 0 fully saturated rings. The van der Waals surface area contributed by atoms with Crippen molar-refractivity contribution in [3.8, 4) is 0 Å². The van der Waals surface area contributed by atoms with Gasteiger partial charge in [0.15, 0.2) is 0 Å². The lowest BCUT2D eigenvalue weighted by Gasteiger charge is -2.12. The SMILES string of the molecule is CCNC(=O)c1ccc(N)cc1NCCCS(C)(=O)=O. The van der Waals surface area contributed by atoms with E-state index in [1.54, 1.807) is 18.2 Å². The van der Waals surface area contributed by atoms with Crippen LogP contribution in [0.3, 0.4) is 0 Å². The monoisotopic (exact) mass is 299 g/mol. The summed E-state index contributed by atoms with van der Waals surface area (Å²) in [6, 6.07) is 4.98. The van der Waals surface area contributed by atoms with Crippen LogP contribution in [0.5, 0.6) is 0 Å². The van der Waals surface area contributed by atoms with E-state index in [9.17, 15) is 13.2 Å². The van der Waals surface area contributed by atoms with Gasteiger partial charge in [0, 0.05) is 30.7 Å². The molecule has 1 aromatic carbocycles. The molecule has 0 bridgehead atoms. The van der Waals surface area contributed by atoms with Gasteiger partial charge in [-0.2, -0.15) is 0 Å². The van der Waals surface area contributed by atoms with Gasteiger partial charge in [-0.3, -0.25) is 4.79 Å². The highest BCUT2D eigenvalue weighted by molar-refractivity contribution is 7.90. The van der Waals surface area contributed by atoms with Crippen LogP contribution < -0.4 is 16.4 Å². The molecule has 0 aromatic heterocycles. The summed E-state index contributed by atoms with van der Waals surface area (Å²) in [6.07, 6.45) is 1.68. The zero-order valence-electron chi connectivity index (χ0n) is 11.8. The van der Waals surface area contributed by atoms with Gasteiger partial charge in [-0.1, -0.05) is 0 Å². The number of carbonyl (C=O) groups is 1. The van der Waals surface area contributed by atoms with Crippen LogP contribution in [0.15, 0.2) is 18.2 Å². The van der Waals surface area contributed by atoms with Crippen molar-refractivity contribution >= 4 is 27.1 Å². The standard InChI is InChI=1S/C13H21N3O3S/c1-3-15-13(17)11-6-5-10(14)9-12(11)16-7-4-8-20(2,18)19/h5-6,9,16H,3-4,7-8,14H2,1-2H3,(H,15,17). The van der Waals surface area contributed by atoms with E-state index in [-0.39, 0.29) is 11.7 Å². The number of carbonyl (C=O) groups excluding carboxylic acids is 1. The smallest absolute Gasteiger partial charge is 0.253 e. The van der Waals surface area contributed by atoms with Crippen LogP contribution in [0.4, 0.5) is 11.4 Å². The van der Waals surface area contributed by atoms with Crippen LogP contribution in [0.1, 0.15) is 23.7 Å². The van der Waals surface area contributed by atoms with E-state index in [0.717, 1.165) is 0 Å². The molecule has 0 saturated carbocycles. The van der Waals surface area contributed by atoms with Crippen molar-refractivity contribution in [1.29, 1.82) is 0 Å². The normalized spacial score (nSPS) is 11.1. The molecule has 0 unspecified atom stereocenters. The van der Waals surface area contributed by atoms with Gasteiger partial charge in [0.25, 0.3) is 5.91 Å². The molecule has 1 rings (SSSR count). The van der Waals surface area contributed by atoms with E-state index in [2.05, 4.69) is 10.6 Å². The molecule has 4 N–H and O–H groups in total. The number of anilines is 2. The fourth-order valence-corrected chi connectivity index (χ4v) is 2.39. The second-order valence-corrected chi connectivity index (χ2v) is 6.83. The Balaban J connectivity index is 2.72. The Kier molecular flexibility index (Phi) is 5.82. The molecule has 112 valence electrons. The maximum absolute atomic E-state index is 11.9. The number of nitrogens with one attached hydrogen (secondary N) is 2. The van der Waals surface area contributed by atoms with Gasteiger partial charge in [-0.05, 0) is 31.5 Å². The summed E-state index contributed by atoms with van der Waals surface area (Å²) < 4.78 is 22.1. The third kappa shape index (κ3) is 5.48. The van der Waals surface area contributed by atoms with Crippen LogP contribution in [-0.2, 0) is 9.84 Å². The lowest BCUT2D eigenvalue weighted by molar-refractivity contribution is 0.0956. The van der Waals surface area contributed by atoms with Gasteiger partial charge < -0.3 is 16.4 Å². The number of hydrogen-bond acceptors (Lipinski definition) is 5. The van der Waals surface area contributed by atoms with E-state index in [1.807, 2.05) is 6.92 Å². The van der Waals surface area contributed by atoms with Gasteiger partial charge in [0.2, 0.25) is 0 Å². The maximum atomic E-state index is 11.9. The van der Waals surface area contributed by atoms with Crippen molar-refractivity contribution < 1.29 is 13.2 Å². The van der Waals surface area contributed by atoms with E-state index in [1.165, 1.54) is 6.26 Å². The summed E-state index contributed by atoms with van der Waals surface area (Å²) in [6.45, 7) is 2.84. The highest BCUT2D eigenvalue weighted by Gasteiger charge is 2.11. The minimum Gasteiger partial charge on any atom is -0.399 e. The summed E-state index contributed by atoms with van der Waals surface area (Å²) >= 11 is 0. The van der Waals surface area contributed by atoms with Gasteiger partial charge in [0.05, 0.1) is 11.3 Å². The highest BCUT2D eigenvalue weighted by atomic mass is 32.2. The molecular weight excluding hydrogens is 278 g/mol. The van der Waals surface area contributed by atoms with E-state index >= 15 is 0 Å². The van der Waals surface area contributed by atoms with Crippen LogP contribution >= 0.6 is 0 Å². The molecule has 6 nitrogen and oxygen atoms in total. The number of amides is 1. The number of benzene rings is 1. The first-order valence-corrected chi connectivity index (χ1v) is 8.49. The predicted molar refractivity (Wildman–Crippen MR) is 81.7 cm³/mol. The molecule has 0 radical (unpaired) electrons. The first-order chi connectivity index (χ1) is 9.33. The molecule has 0 aliphatic heterocycles. The molecule has 1 amide bonds. The van der Waals surface area contributed by atoms with Crippen molar-refractivity contribution in [2.75, 3.05) is 36.1 Å². The van der Waals surface area contributed by atoms with E-state index in [4.69, 9.17) is 5.73 Å². The molecule has 0 spiro atoms. The predicted octanol–water partition coefficient (Wildman–Crippen LogP) is 0.865. The number of hydrogen-bond donors (Lipinski definition) is 3.